The maximum atomic E-state index is 10.7. The molecule has 16 heavy (non-hydrogen) atoms. The second-order valence-corrected chi connectivity index (χ2v) is 3.55. The first-order valence-corrected chi connectivity index (χ1v) is 4.71. The molecule has 0 bridgehead atoms. The van der Waals surface area contributed by atoms with Crippen molar-refractivity contribution in [3.05, 3.63) is 38.9 Å². The molecule has 86 valence electrons. The van der Waals surface area contributed by atoms with Crippen LogP contribution in [0.15, 0.2) is 18.2 Å². The summed E-state index contributed by atoms with van der Waals surface area (Å²) in [5.74, 6) is -1.23. The zero-order chi connectivity index (χ0) is 12.3. The summed E-state index contributed by atoms with van der Waals surface area (Å²) in [6, 6.07) is 2.93. The topological polar surface area (TPSA) is 106 Å². The van der Waals surface area contributed by atoms with E-state index >= 15 is 0 Å². The maximum absolute atomic E-state index is 10.7. The highest BCUT2D eigenvalue weighted by Crippen LogP contribution is 2.27. The van der Waals surface area contributed by atoms with Crippen LogP contribution in [0.1, 0.15) is 5.56 Å². The van der Waals surface area contributed by atoms with Gasteiger partial charge in [0.25, 0.3) is 5.69 Å². The van der Waals surface area contributed by atoms with Crippen molar-refractivity contribution in [3.8, 4) is 0 Å². The summed E-state index contributed by atoms with van der Waals surface area (Å²) in [5.41, 5.74) is 5.23. The van der Waals surface area contributed by atoms with Crippen LogP contribution in [0.25, 0.3) is 0 Å². The number of carboxylic acid groups (broad SMARTS) is 1. The zero-order valence-corrected chi connectivity index (χ0v) is 8.85. The number of benzene rings is 1. The molecule has 0 fully saturated rings. The van der Waals surface area contributed by atoms with Crippen LogP contribution in [0, 0.1) is 10.1 Å². The number of nitro groups is 1. The van der Waals surface area contributed by atoms with E-state index < -0.39 is 16.9 Å². The average Bonchev–Trinajstić information content (AvgIpc) is 2.20. The smallest absolute Gasteiger partial charge is 0.320 e. The van der Waals surface area contributed by atoms with E-state index in [1.165, 1.54) is 18.2 Å². The summed E-state index contributed by atoms with van der Waals surface area (Å²) in [7, 11) is 0. The summed E-state index contributed by atoms with van der Waals surface area (Å²) >= 11 is 5.77. The molecule has 0 radical (unpaired) electrons. The van der Waals surface area contributed by atoms with Crippen LogP contribution in [-0.4, -0.2) is 22.0 Å². The third-order valence-electron chi connectivity index (χ3n) is 2.03. The van der Waals surface area contributed by atoms with Gasteiger partial charge in [-0.05, 0) is 6.07 Å². The molecule has 0 heterocycles. The Morgan fingerprint density at radius 2 is 2.25 bits per heavy atom. The van der Waals surface area contributed by atoms with Gasteiger partial charge in [-0.1, -0.05) is 17.7 Å². The first-order valence-electron chi connectivity index (χ1n) is 4.33. The minimum absolute atomic E-state index is 0.143. The zero-order valence-electron chi connectivity index (χ0n) is 8.09. The minimum atomic E-state index is -1.23. The van der Waals surface area contributed by atoms with Crippen molar-refractivity contribution in [2.45, 2.75) is 12.5 Å². The van der Waals surface area contributed by atoms with Gasteiger partial charge in [-0.15, -0.1) is 0 Å². The number of carboxylic acids is 1. The van der Waals surface area contributed by atoms with E-state index in [0.29, 0.717) is 0 Å². The first-order chi connectivity index (χ1) is 7.43. The Kier molecular flexibility index (Phi) is 3.81. The fourth-order valence-electron chi connectivity index (χ4n) is 1.23. The fourth-order valence-corrected chi connectivity index (χ4v) is 1.47. The highest BCUT2D eigenvalue weighted by atomic mass is 35.5. The summed E-state index contributed by atoms with van der Waals surface area (Å²) < 4.78 is 0. The van der Waals surface area contributed by atoms with E-state index in [0.717, 1.165) is 0 Å². The molecule has 0 spiro atoms. The molecule has 0 saturated heterocycles. The van der Waals surface area contributed by atoms with Crippen LogP contribution in [0.2, 0.25) is 5.02 Å². The lowest BCUT2D eigenvalue weighted by Gasteiger charge is -2.08. The normalized spacial score (nSPS) is 12.1. The molecule has 0 aromatic heterocycles. The second kappa shape index (κ2) is 4.91. The first kappa shape index (κ1) is 12.4. The van der Waals surface area contributed by atoms with Gasteiger partial charge in [0, 0.05) is 12.5 Å². The Labute approximate surface area is 95.8 Å². The number of carbonyl (C=O) groups is 1. The van der Waals surface area contributed by atoms with Gasteiger partial charge < -0.3 is 10.8 Å². The van der Waals surface area contributed by atoms with Crippen molar-refractivity contribution in [1.82, 2.24) is 0 Å². The Morgan fingerprint density at radius 1 is 1.62 bits per heavy atom. The van der Waals surface area contributed by atoms with Gasteiger partial charge in [0.1, 0.15) is 6.04 Å². The molecule has 0 unspecified atom stereocenters. The van der Waals surface area contributed by atoms with Crippen molar-refractivity contribution in [2.24, 2.45) is 5.73 Å². The van der Waals surface area contributed by atoms with Crippen LogP contribution in [0.3, 0.4) is 0 Å². The lowest BCUT2D eigenvalue weighted by molar-refractivity contribution is -0.385. The average molecular weight is 245 g/mol. The highest BCUT2D eigenvalue weighted by molar-refractivity contribution is 6.31. The van der Waals surface area contributed by atoms with E-state index in [4.69, 9.17) is 22.4 Å². The molecule has 1 aromatic rings. The summed E-state index contributed by atoms with van der Waals surface area (Å²) in [5, 5.41) is 19.5. The van der Waals surface area contributed by atoms with Gasteiger partial charge in [0.15, 0.2) is 0 Å². The van der Waals surface area contributed by atoms with Crippen molar-refractivity contribution in [3.63, 3.8) is 0 Å². The SMILES string of the molecule is N[C@H](Cc1c(Cl)cccc1[N+](=O)[O-])C(=O)O. The Bertz CT molecular complexity index is 436. The second-order valence-electron chi connectivity index (χ2n) is 3.14. The van der Waals surface area contributed by atoms with Gasteiger partial charge in [0.05, 0.1) is 15.5 Å². The lowest BCUT2D eigenvalue weighted by Crippen LogP contribution is -2.32. The van der Waals surface area contributed by atoms with Crippen molar-refractivity contribution < 1.29 is 14.8 Å². The number of nitrogens with two attached hydrogens (primary N) is 1. The van der Waals surface area contributed by atoms with Crippen LogP contribution in [0.4, 0.5) is 5.69 Å². The number of halogens is 1. The van der Waals surface area contributed by atoms with Crippen molar-refractivity contribution in [1.29, 1.82) is 0 Å². The predicted molar refractivity (Wildman–Crippen MR) is 57.4 cm³/mol. The number of nitro benzene ring substituents is 1. The Balaban J connectivity index is 3.11. The molecule has 1 aromatic carbocycles. The van der Waals surface area contributed by atoms with E-state index in [1.807, 2.05) is 0 Å². The number of hydrogen-bond acceptors (Lipinski definition) is 4. The number of rotatable bonds is 4. The number of hydrogen-bond donors (Lipinski definition) is 2. The standard InChI is InChI=1S/C9H9ClN2O4/c10-6-2-1-3-8(12(15)16)5(6)4-7(11)9(13)14/h1-3,7H,4,11H2,(H,13,14)/t7-/m1/s1. The third-order valence-corrected chi connectivity index (χ3v) is 2.39. The molecule has 0 amide bonds. The third kappa shape index (κ3) is 2.68. The monoisotopic (exact) mass is 244 g/mol. The molecule has 0 aliphatic heterocycles. The molecular weight excluding hydrogens is 236 g/mol. The molecule has 7 heteroatoms. The molecular formula is C9H9ClN2O4. The van der Waals surface area contributed by atoms with Crippen molar-refractivity contribution in [2.75, 3.05) is 0 Å². The summed E-state index contributed by atoms with van der Waals surface area (Å²) in [6.07, 6.45) is -0.175. The minimum Gasteiger partial charge on any atom is -0.480 e. The summed E-state index contributed by atoms with van der Waals surface area (Å²) in [6.45, 7) is 0. The number of aliphatic carboxylic acids is 1. The number of nitrogens with zero attached hydrogens (tertiary/aromatic N) is 1. The molecule has 1 atom stereocenters. The predicted octanol–water partition coefficient (Wildman–Crippen LogP) is 1.20. The van der Waals surface area contributed by atoms with Crippen LogP contribution in [-0.2, 0) is 11.2 Å². The Morgan fingerprint density at radius 3 is 2.75 bits per heavy atom. The van der Waals surface area contributed by atoms with Gasteiger partial charge in [-0.3, -0.25) is 14.9 Å². The van der Waals surface area contributed by atoms with E-state index in [9.17, 15) is 14.9 Å². The fraction of sp³-hybridized carbons (Fsp3) is 0.222. The highest BCUT2D eigenvalue weighted by Gasteiger charge is 2.21. The summed E-state index contributed by atoms with van der Waals surface area (Å²) in [4.78, 5) is 20.6. The molecule has 0 saturated carbocycles. The van der Waals surface area contributed by atoms with Crippen molar-refractivity contribution >= 4 is 23.3 Å². The van der Waals surface area contributed by atoms with Gasteiger partial charge in [0.2, 0.25) is 0 Å². The van der Waals surface area contributed by atoms with Crippen LogP contribution in [0.5, 0.6) is 0 Å². The molecule has 1 rings (SSSR count). The molecule has 3 N–H and O–H groups in total. The quantitative estimate of drug-likeness (QED) is 0.611. The van der Waals surface area contributed by atoms with Gasteiger partial charge >= 0.3 is 5.97 Å². The van der Waals surface area contributed by atoms with Crippen LogP contribution >= 0.6 is 11.6 Å². The van der Waals surface area contributed by atoms with Gasteiger partial charge in [-0.25, -0.2) is 0 Å². The van der Waals surface area contributed by atoms with E-state index in [-0.39, 0.29) is 22.7 Å². The molecule has 6 nitrogen and oxygen atoms in total. The van der Waals surface area contributed by atoms with E-state index in [1.54, 1.807) is 0 Å². The lowest BCUT2D eigenvalue weighted by atomic mass is 10.0. The maximum Gasteiger partial charge on any atom is 0.320 e. The van der Waals surface area contributed by atoms with Crippen LogP contribution < -0.4 is 5.73 Å². The largest absolute Gasteiger partial charge is 0.480 e. The van der Waals surface area contributed by atoms with Gasteiger partial charge in [-0.2, -0.15) is 0 Å². The molecule has 0 aliphatic rings. The van der Waals surface area contributed by atoms with E-state index in [2.05, 4.69) is 0 Å². The molecule has 0 aliphatic carbocycles. The Hall–Kier alpha value is -1.66.